The van der Waals surface area contributed by atoms with Crippen molar-refractivity contribution in [1.82, 2.24) is 0 Å². The average molecular weight is 387 g/mol. The molecule has 0 spiro atoms. The van der Waals surface area contributed by atoms with Gasteiger partial charge in [0.25, 0.3) is 10.0 Å². The number of fused-ring (bicyclic) bond motifs is 1. The molecule has 0 radical (unpaired) electrons. The molecule has 7 heteroatoms. The van der Waals surface area contributed by atoms with Crippen LogP contribution in [-0.4, -0.2) is 15.0 Å². The highest BCUT2D eigenvalue weighted by atomic mass is 79.9. The van der Waals surface area contributed by atoms with Crippen LogP contribution in [0.2, 0.25) is 0 Å². The zero-order valence-corrected chi connectivity index (χ0v) is 14.7. The fourth-order valence-electron chi connectivity index (χ4n) is 2.45. The van der Waals surface area contributed by atoms with E-state index in [2.05, 4.69) is 26.0 Å². The number of halogens is 1. The monoisotopic (exact) mass is 386 g/mol. The molecule has 112 valence electrons. The SMILES string of the molecule is Cc1sc(Br)cc1S(=O)(=O)Nc1ccc2c(c1)CCCN2. The van der Waals surface area contributed by atoms with Crippen molar-refractivity contribution in [3.05, 3.63) is 38.5 Å². The number of anilines is 2. The van der Waals surface area contributed by atoms with E-state index in [9.17, 15) is 8.42 Å². The molecule has 0 saturated carbocycles. The molecule has 0 saturated heterocycles. The molecule has 0 unspecified atom stereocenters. The summed E-state index contributed by atoms with van der Waals surface area (Å²) in [6, 6.07) is 7.28. The van der Waals surface area contributed by atoms with Gasteiger partial charge in [-0.05, 0) is 65.5 Å². The molecule has 0 fully saturated rings. The lowest BCUT2D eigenvalue weighted by Gasteiger charge is -2.19. The molecule has 21 heavy (non-hydrogen) atoms. The molecule has 3 rings (SSSR count). The number of rotatable bonds is 3. The maximum absolute atomic E-state index is 12.5. The van der Waals surface area contributed by atoms with Crippen molar-refractivity contribution in [1.29, 1.82) is 0 Å². The van der Waals surface area contributed by atoms with Gasteiger partial charge in [0, 0.05) is 22.8 Å². The summed E-state index contributed by atoms with van der Waals surface area (Å²) in [5.74, 6) is 0. The average Bonchev–Trinajstić information content (AvgIpc) is 2.78. The fraction of sp³-hybridized carbons (Fsp3) is 0.286. The van der Waals surface area contributed by atoms with Gasteiger partial charge in [0.2, 0.25) is 0 Å². The number of thiophene rings is 1. The third kappa shape index (κ3) is 3.09. The first-order valence-electron chi connectivity index (χ1n) is 6.61. The summed E-state index contributed by atoms with van der Waals surface area (Å²) >= 11 is 4.75. The van der Waals surface area contributed by atoms with Gasteiger partial charge in [0.15, 0.2) is 0 Å². The molecule has 0 bridgehead atoms. The molecule has 1 aromatic carbocycles. The molecular formula is C14H15BrN2O2S2. The molecule has 0 atom stereocenters. The van der Waals surface area contributed by atoms with Crippen molar-refractivity contribution in [2.24, 2.45) is 0 Å². The summed E-state index contributed by atoms with van der Waals surface area (Å²) in [4.78, 5) is 1.10. The van der Waals surface area contributed by atoms with Crippen LogP contribution in [0.3, 0.4) is 0 Å². The van der Waals surface area contributed by atoms with Crippen molar-refractivity contribution >= 4 is 48.7 Å². The molecule has 2 heterocycles. The lowest BCUT2D eigenvalue weighted by Crippen LogP contribution is -2.15. The zero-order valence-electron chi connectivity index (χ0n) is 11.4. The number of hydrogen-bond acceptors (Lipinski definition) is 4. The number of nitrogens with one attached hydrogen (secondary N) is 2. The highest BCUT2D eigenvalue weighted by Crippen LogP contribution is 2.32. The van der Waals surface area contributed by atoms with Crippen LogP contribution in [0.1, 0.15) is 16.9 Å². The number of sulfonamides is 1. The molecular weight excluding hydrogens is 372 g/mol. The van der Waals surface area contributed by atoms with Crippen LogP contribution in [0.4, 0.5) is 11.4 Å². The van der Waals surface area contributed by atoms with Crippen molar-refractivity contribution in [3.8, 4) is 0 Å². The van der Waals surface area contributed by atoms with E-state index in [4.69, 9.17) is 0 Å². The topological polar surface area (TPSA) is 58.2 Å². The van der Waals surface area contributed by atoms with Gasteiger partial charge in [-0.15, -0.1) is 11.3 Å². The van der Waals surface area contributed by atoms with Crippen LogP contribution >= 0.6 is 27.3 Å². The lowest BCUT2D eigenvalue weighted by molar-refractivity contribution is 0.601. The minimum Gasteiger partial charge on any atom is -0.385 e. The Kier molecular flexibility index (Phi) is 3.98. The molecule has 1 aromatic heterocycles. The first-order chi connectivity index (χ1) is 9.95. The van der Waals surface area contributed by atoms with E-state index in [1.165, 1.54) is 11.3 Å². The fourth-order valence-corrected chi connectivity index (χ4v) is 5.91. The normalized spacial score (nSPS) is 14.4. The van der Waals surface area contributed by atoms with Gasteiger partial charge < -0.3 is 5.32 Å². The summed E-state index contributed by atoms with van der Waals surface area (Å²) in [5.41, 5.74) is 2.86. The van der Waals surface area contributed by atoms with Crippen LogP contribution in [-0.2, 0) is 16.4 Å². The Morgan fingerprint density at radius 3 is 2.86 bits per heavy atom. The van der Waals surface area contributed by atoms with Crippen molar-refractivity contribution in [2.75, 3.05) is 16.6 Å². The summed E-state index contributed by atoms with van der Waals surface area (Å²) in [6.45, 7) is 2.78. The van der Waals surface area contributed by atoms with E-state index >= 15 is 0 Å². The van der Waals surface area contributed by atoms with E-state index in [0.717, 1.165) is 39.3 Å². The Morgan fingerprint density at radius 1 is 1.33 bits per heavy atom. The zero-order chi connectivity index (χ0) is 15.0. The van der Waals surface area contributed by atoms with Crippen molar-refractivity contribution in [2.45, 2.75) is 24.7 Å². The summed E-state index contributed by atoms with van der Waals surface area (Å²) < 4.78 is 28.4. The Labute approximate surface area is 136 Å². The smallest absolute Gasteiger partial charge is 0.263 e. The highest BCUT2D eigenvalue weighted by molar-refractivity contribution is 9.11. The number of hydrogen-bond donors (Lipinski definition) is 2. The van der Waals surface area contributed by atoms with Gasteiger partial charge in [0.1, 0.15) is 4.90 Å². The first-order valence-corrected chi connectivity index (χ1v) is 9.70. The largest absolute Gasteiger partial charge is 0.385 e. The van der Waals surface area contributed by atoms with Gasteiger partial charge in [0.05, 0.1) is 3.79 Å². The van der Waals surface area contributed by atoms with E-state index in [1.54, 1.807) is 19.1 Å². The minimum absolute atomic E-state index is 0.329. The predicted molar refractivity (Wildman–Crippen MR) is 90.8 cm³/mol. The van der Waals surface area contributed by atoms with Crippen LogP contribution in [0.15, 0.2) is 32.9 Å². The van der Waals surface area contributed by atoms with Gasteiger partial charge in [-0.25, -0.2) is 8.42 Å². The van der Waals surface area contributed by atoms with Crippen molar-refractivity contribution in [3.63, 3.8) is 0 Å². The second-order valence-corrected chi connectivity index (χ2v) is 9.27. The molecule has 0 aliphatic carbocycles. The second-order valence-electron chi connectivity index (χ2n) is 4.98. The Morgan fingerprint density at radius 2 is 2.14 bits per heavy atom. The number of aryl methyl sites for hydroxylation is 2. The second kappa shape index (κ2) is 5.62. The molecule has 2 aromatic rings. The third-order valence-electron chi connectivity index (χ3n) is 3.43. The highest BCUT2D eigenvalue weighted by Gasteiger charge is 2.20. The van der Waals surface area contributed by atoms with Gasteiger partial charge >= 0.3 is 0 Å². The van der Waals surface area contributed by atoms with Crippen LogP contribution in [0, 0.1) is 6.92 Å². The van der Waals surface area contributed by atoms with Crippen LogP contribution < -0.4 is 10.0 Å². The van der Waals surface area contributed by atoms with Crippen LogP contribution in [0.25, 0.3) is 0 Å². The summed E-state index contributed by atoms with van der Waals surface area (Å²) in [7, 11) is -3.54. The minimum atomic E-state index is -3.54. The predicted octanol–water partition coefficient (Wildman–Crippen LogP) is 3.98. The first kappa shape index (κ1) is 14.9. The Bertz CT molecular complexity index is 784. The molecule has 1 aliphatic heterocycles. The van der Waals surface area contributed by atoms with Crippen molar-refractivity contribution < 1.29 is 8.42 Å². The maximum atomic E-state index is 12.5. The maximum Gasteiger partial charge on any atom is 0.263 e. The third-order valence-corrected chi connectivity index (χ3v) is 6.62. The molecule has 4 nitrogen and oxygen atoms in total. The van der Waals surface area contributed by atoms with E-state index in [-0.39, 0.29) is 0 Å². The van der Waals surface area contributed by atoms with Gasteiger partial charge in [-0.2, -0.15) is 0 Å². The molecule has 0 amide bonds. The molecule has 1 aliphatic rings. The van der Waals surface area contributed by atoms with E-state index in [1.807, 2.05) is 12.1 Å². The quantitative estimate of drug-likeness (QED) is 0.838. The van der Waals surface area contributed by atoms with Gasteiger partial charge in [-0.3, -0.25) is 4.72 Å². The van der Waals surface area contributed by atoms with Crippen LogP contribution in [0.5, 0.6) is 0 Å². The van der Waals surface area contributed by atoms with E-state index in [0.29, 0.717) is 10.6 Å². The van der Waals surface area contributed by atoms with E-state index < -0.39 is 10.0 Å². The lowest BCUT2D eigenvalue weighted by atomic mass is 10.0. The Balaban J connectivity index is 1.90. The Hall–Kier alpha value is -1.05. The number of benzene rings is 1. The summed E-state index contributed by atoms with van der Waals surface area (Å²) in [6.07, 6.45) is 2.04. The summed E-state index contributed by atoms with van der Waals surface area (Å²) in [5, 5.41) is 3.32. The standard InChI is InChI=1S/C14H15BrN2O2S2/c1-9-13(8-14(15)20-9)21(18,19)17-11-4-5-12-10(7-11)3-2-6-16-12/h4-5,7-8,16-17H,2-3,6H2,1H3. The molecule has 2 N–H and O–H groups in total. The van der Waals surface area contributed by atoms with Gasteiger partial charge in [-0.1, -0.05) is 0 Å².